The van der Waals surface area contributed by atoms with Gasteiger partial charge in [0.25, 0.3) is 5.91 Å². The molecule has 1 aromatic rings. The number of amides is 1. The molecule has 0 radical (unpaired) electrons. The third kappa shape index (κ3) is 2.23. The fourth-order valence-electron chi connectivity index (χ4n) is 1.51. The standard InChI is InChI=1S/C9H9ClFN3O/c10-8-4-12-3-7(13-8)9(15)14-2-1-6(11)5-14/h3-4,6H,1-2,5H2. The van der Waals surface area contributed by atoms with Gasteiger partial charge in [-0.1, -0.05) is 11.6 Å². The molecule has 0 aliphatic carbocycles. The SMILES string of the molecule is O=C(c1cncc(Cl)n1)N1CCC(F)C1. The lowest BCUT2D eigenvalue weighted by atomic mass is 10.3. The van der Waals surface area contributed by atoms with Crippen LogP contribution in [0.15, 0.2) is 12.4 Å². The summed E-state index contributed by atoms with van der Waals surface area (Å²) in [6.45, 7) is 0.557. The van der Waals surface area contributed by atoms with Crippen LogP contribution in [-0.2, 0) is 0 Å². The molecule has 1 aliphatic rings. The van der Waals surface area contributed by atoms with E-state index in [1.807, 2.05) is 0 Å². The molecule has 6 heteroatoms. The molecule has 0 spiro atoms. The topological polar surface area (TPSA) is 46.1 Å². The number of aromatic nitrogens is 2. The van der Waals surface area contributed by atoms with Crippen molar-refractivity contribution in [3.05, 3.63) is 23.2 Å². The molecule has 1 aromatic heterocycles. The molecular formula is C9H9ClFN3O. The highest BCUT2D eigenvalue weighted by molar-refractivity contribution is 6.29. The maximum absolute atomic E-state index is 12.9. The summed E-state index contributed by atoms with van der Waals surface area (Å²) in [5.41, 5.74) is 0.164. The number of likely N-dealkylation sites (tertiary alicyclic amines) is 1. The molecule has 1 unspecified atom stereocenters. The van der Waals surface area contributed by atoms with Crippen LogP contribution in [0, 0.1) is 0 Å². The van der Waals surface area contributed by atoms with Gasteiger partial charge in [0.15, 0.2) is 0 Å². The molecular weight excluding hydrogens is 221 g/mol. The van der Waals surface area contributed by atoms with Gasteiger partial charge >= 0.3 is 0 Å². The fourth-order valence-corrected chi connectivity index (χ4v) is 1.66. The Morgan fingerprint density at radius 2 is 2.40 bits per heavy atom. The van der Waals surface area contributed by atoms with E-state index in [9.17, 15) is 9.18 Å². The third-order valence-corrected chi connectivity index (χ3v) is 2.42. The highest BCUT2D eigenvalue weighted by Gasteiger charge is 2.27. The fraction of sp³-hybridized carbons (Fsp3) is 0.444. The summed E-state index contributed by atoms with van der Waals surface area (Å²) in [5.74, 6) is -0.315. The zero-order valence-electron chi connectivity index (χ0n) is 7.86. The summed E-state index contributed by atoms with van der Waals surface area (Å²) >= 11 is 5.61. The van der Waals surface area contributed by atoms with E-state index in [2.05, 4.69) is 9.97 Å². The van der Waals surface area contributed by atoms with Gasteiger partial charge < -0.3 is 4.90 Å². The van der Waals surface area contributed by atoms with Gasteiger partial charge in [-0.3, -0.25) is 9.78 Å². The molecule has 0 N–H and O–H groups in total. The van der Waals surface area contributed by atoms with E-state index in [-0.39, 0.29) is 23.3 Å². The van der Waals surface area contributed by atoms with Crippen LogP contribution in [0.3, 0.4) is 0 Å². The van der Waals surface area contributed by atoms with E-state index < -0.39 is 6.17 Å². The van der Waals surface area contributed by atoms with Crippen LogP contribution in [0.4, 0.5) is 4.39 Å². The van der Waals surface area contributed by atoms with Crippen LogP contribution >= 0.6 is 11.6 Å². The first kappa shape index (κ1) is 10.3. The second-order valence-electron chi connectivity index (χ2n) is 3.36. The lowest BCUT2D eigenvalue weighted by Crippen LogP contribution is -2.29. The van der Waals surface area contributed by atoms with Gasteiger partial charge in [0.2, 0.25) is 0 Å². The van der Waals surface area contributed by atoms with E-state index in [0.29, 0.717) is 13.0 Å². The van der Waals surface area contributed by atoms with Gasteiger partial charge in [0.05, 0.1) is 18.9 Å². The summed E-state index contributed by atoms with van der Waals surface area (Å²) in [4.78, 5) is 20.8. The predicted octanol–water partition coefficient (Wildman–Crippen LogP) is 1.31. The molecule has 0 aromatic carbocycles. The zero-order valence-corrected chi connectivity index (χ0v) is 8.62. The summed E-state index contributed by atoms with van der Waals surface area (Å²) in [6, 6.07) is 0. The van der Waals surface area contributed by atoms with Crippen molar-refractivity contribution in [1.82, 2.24) is 14.9 Å². The van der Waals surface area contributed by atoms with Crippen molar-refractivity contribution in [2.75, 3.05) is 13.1 Å². The van der Waals surface area contributed by atoms with E-state index in [1.165, 1.54) is 17.3 Å². The van der Waals surface area contributed by atoms with Crippen LogP contribution in [0.5, 0.6) is 0 Å². The summed E-state index contributed by atoms with van der Waals surface area (Å²) in [6.07, 6.45) is 2.14. The monoisotopic (exact) mass is 229 g/mol. The molecule has 0 saturated carbocycles. The quantitative estimate of drug-likeness (QED) is 0.730. The van der Waals surface area contributed by atoms with Crippen LogP contribution in [-0.4, -0.2) is 40.0 Å². The minimum absolute atomic E-state index is 0.132. The number of carbonyl (C=O) groups is 1. The Hall–Kier alpha value is -1.23. The van der Waals surface area contributed by atoms with Crippen molar-refractivity contribution in [2.45, 2.75) is 12.6 Å². The van der Waals surface area contributed by atoms with Gasteiger partial charge in [-0.2, -0.15) is 0 Å². The smallest absolute Gasteiger partial charge is 0.274 e. The maximum Gasteiger partial charge on any atom is 0.274 e. The van der Waals surface area contributed by atoms with Gasteiger partial charge in [0.1, 0.15) is 17.0 Å². The molecule has 4 nitrogen and oxygen atoms in total. The van der Waals surface area contributed by atoms with Gasteiger partial charge in [0, 0.05) is 6.54 Å². The Bertz CT molecular complexity index is 387. The lowest BCUT2D eigenvalue weighted by molar-refractivity contribution is 0.0776. The van der Waals surface area contributed by atoms with Gasteiger partial charge in [-0.05, 0) is 6.42 Å². The second kappa shape index (κ2) is 4.10. The lowest BCUT2D eigenvalue weighted by Gasteiger charge is -2.13. The van der Waals surface area contributed by atoms with Crippen molar-refractivity contribution >= 4 is 17.5 Å². The average molecular weight is 230 g/mol. The second-order valence-corrected chi connectivity index (χ2v) is 3.75. The molecule has 15 heavy (non-hydrogen) atoms. The number of hydrogen-bond acceptors (Lipinski definition) is 3. The number of hydrogen-bond donors (Lipinski definition) is 0. The van der Waals surface area contributed by atoms with Crippen molar-refractivity contribution in [3.8, 4) is 0 Å². The van der Waals surface area contributed by atoms with E-state index >= 15 is 0 Å². The normalized spacial score (nSPS) is 20.7. The number of nitrogens with zero attached hydrogens (tertiary/aromatic N) is 3. The van der Waals surface area contributed by atoms with Crippen LogP contribution in [0.1, 0.15) is 16.9 Å². The first-order chi connectivity index (χ1) is 7.16. The molecule has 1 aliphatic heterocycles. The predicted molar refractivity (Wildman–Crippen MR) is 52.5 cm³/mol. The minimum Gasteiger partial charge on any atom is -0.334 e. The molecule has 2 rings (SSSR count). The summed E-state index contributed by atoms with van der Waals surface area (Å²) in [5, 5.41) is 0.164. The summed E-state index contributed by atoms with van der Waals surface area (Å²) < 4.78 is 12.9. The highest BCUT2D eigenvalue weighted by Crippen LogP contribution is 2.15. The Kier molecular flexibility index (Phi) is 2.81. The van der Waals surface area contributed by atoms with E-state index in [1.54, 1.807) is 0 Å². The molecule has 2 heterocycles. The first-order valence-electron chi connectivity index (χ1n) is 4.57. The molecule has 1 fully saturated rings. The number of rotatable bonds is 1. The molecule has 1 amide bonds. The minimum atomic E-state index is -0.930. The molecule has 80 valence electrons. The Morgan fingerprint density at radius 3 is 3.00 bits per heavy atom. The van der Waals surface area contributed by atoms with Crippen molar-refractivity contribution in [3.63, 3.8) is 0 Å². The maximum atomic E-state index is 12.9. The largest absolute Gasteiger partial charge is 0.334 e. The average Bonchev–Trinajstić information content (AvgIpc) is 2.64. The van der Waals surface area contributed by atoms with Gasteiger partial charge in [-0.15, -0.1) is 0 Å². The molecule has 0 bridgehead atoms. The first-order valence-corrected chi connectivity index (χ1v) is 4.95. The third-order valence-electron chi connectivity index (χ3n) is 2.24. The number of alkyl halides is 1. The van der Waals surface area contributed by atoms with E-state index in [0.717, 1.165) is 0 Å². The number of carbonyl (C=O) groups excluding carboxylic acids is 1. The van der Waals surface area contributed by atoms with Crippen molar-refractivity contribution < 1.29 is 9.18 Å². The summed E-state index contributed by atoms with van der Waals surface area (Å²) in [7, 11) is 0. The van der Waals surface area contributed by atoms with Crippen LogP contribution < -0.4 is 0 Å². The Morgan fingerprint density at radius 1 is 1.60 bits per heavy atom. The van der Waals surface area contributed by atoms with Crippen molar-refractivity contribution in [1.29, 1.82) is 0 Å². The van der Waals surface area contributed by atoms with Gasteiger partial charge in [-0.25, -0.2) is 9.37 Å². The van der Waals surface area contributed by atoms with E-state index in [4.69, 9.17) is 11.6 Å². The van der Waals surface area contributed by atoms with Crippen LogP contribution in [0.25, 0.3) is 0 Å². The number of halogens is 2. The molecule has 1 saturated heterocycles. The zero-order chi connectivity index (χ0) is 10.8. The van der Waals surface area contributed by atoms with Crippen molar-refractivity contribution in [2.24, 2.45) is 0 Å². The Labute approximate surface area is 91.1 Å². The highest BCUT2D eigenvalue weighted by atomic mass is 35.5. The Balaban J connectivity index is 2.14. The van der Waals surface area contributed by atoms with Crippen LogP contribution in [0.2, 0.25) is 5.15 Å². The molecule has 1 atom stereocenters.